The molecule has 0 bridgehead atoms. The molecule has 0 spiro atoms. The quantitative estimate of drug-likeness (QED) is 0.114. The van der Waals surface area contributed by atoms with Gasteiger partial charge in [-0.25, -0.2) is 4.89 Å². The van der Waals surface area contributed by atoms with E-state index < -0.39 is 105 Å². The Labute approximate surface area is 192 Å². The molecule has 200 valence electrons. The van der Waals surface area contributed by atoms with Crippen LogP contribution in [0.4, 0.5) is 0 Å². The van der Waals surface area contributed by atoms with Crippen molar-refractivity contribution >= 4 is 0 Å². The van der Waals surface area contributed by atoms with Crippen molar-refractivity contribution in [3.63, 3.8) is 0 Å². The first kappa shape index (κ1) is 27.9. The van der Waals surface area contributed by atoms with E-state index in [2.05, 4.69) is 4.89 Å². The average Bonchev–Trinajstić information content (AvgIpc) is 2.82. The largest absolute Gasteiger partial charge is 0.394 e. The molecule has 10 N–H and O–H groups in total. The molecule has 0 unspecified atom stereocenters. The molecule has 0 aromatic heterocycles. The molecule has 3 aliphatic rings. The lowest BCUT2D eigenvalue weighted by atomic mass is 9.96. The van der Waals surface area contributed by atoms with Gasteiger partial charge in [-0.05, 0) is 6.92 Å². The summed E-state index contributed by atoms with van der Waals surface area (Å²) in [6, 6.07) is 0. The van der Waals surface area contributed by atoms with Crippen LogP contribution in [0.25, 0.3) is 0 Å². The van der Waals surface area contributed by atoms with E-state index in [-0.39, 0.29) is 0 Å². The van der Waals surface area contributed by atoms with Crippen LogP contribution < -0.4 is 0 Å². The van der Waals surface area contributed by atoms with E-state index in [1.165, 1.54) is 6.92 Å². The van der Waals surface area contributed by atoms with E-state index in [1.54, 1.807) is 0 Å². The van der Waals surface area contributed by atoms with Gasteiger partial charge in [0.1, 0.15) is 61.0 Å². The van der Waals surface area contributed by atoms with Gasteiger partial charge in [-0.3, -0.25) is 5.26 Å². The highest BCUT2D eigenvalue weighted by Gasteiger charge is 2.54. The van der Waals surface area contributed by atoms with Crippen molar-refractivity contribution in [3.8, 4) is 0 Å². The molecule has 0 aliphatic carbocycles. The molecule has 16 nitrogen and oxygen atoms in total. The van der Waals surface area contributed by atoms with E-state index >= 15 is 0 Å². The molecule has 0 saturated carbocycles. The zero-order chi connectivity index (χ0) is 25.3. The number of aliphatic hydroxyl groups excluding tert-OH is 9. The van der Waals surface area contributed by atoms with Gasteiger partial charge in [0.25, 0.3) is 0 Å². The first-order valence-electron chi connectivity index (χ1n) is 10.6. The van der Waals surface area contributed by atoms with Crippen molar-refractivity contribution in [2.24, 2.45) is 0 Å². The van der Waals surface area contributed by atoms with E-state index in [1.807, 2.05) is 0 Å². The van der Waals surface area contributed by atoms with Crippen molar-refractivity contribution in [1.82, 2.24) is 0 Å². The van der Waals surface area contributed by atoms with E-state index in [0.717, 1.165) is 0 Å². The lowest BCUT2D eigenvalue weighted by Gasteiger charge is -2.48. The summed E-state index contributed by atoms with van der Waals surface area (Å²) in [5, 5.41) is 99.2. The molecule has 3 rings (SSSR count). The van der Waals surface area contributed by atoms with Crippen LogP contribution in [-0.4, -0.2) is 157 Å². The van der Waals surface area contributed by atoms with Gasteiger partial charge >= 0.3 is 0 Å². The molecule has 0 radical (unpaired) electrons. The lowest BCUT2D eigenvalue weighted by molar-refractivity contribution is -0.411. The highest BCUT2D eigenvalue weighted by Crippen LogP contribution is 2.33. The Bertz CT molecular complexity index is 641. The first-order chi connectivity index (χ1) is 16.0. The SMILES string of the molecule is C[C@@H]1O[C@@H](O[C@H]2[C@H](O[C@H]3[C@H](OO)[C@@H](O)[C@H](O)O[C@@H]3CO)O[C@H](CO)[C@H](O)[C@@H]2O)[C@@H](O)[C@H](O)[C@@H]1O. The van der Waals surface area contributed by atoms with Crippen LogP contribution in [0.2, 0.25) is 0 Å². The summed E-state index contributed by atoms with van der Waals surface area (Å²) >= 11 is 0. The highest BCUT2D eigenvalue weighted by molar-refractivity contribution is 4.96. The number of aliphatic hydroxyl groups is 9. The van der Waals surface area contributed by atoms with Crippen LogP contribution >= 0.6 is 0 Å². The second kappa shape index (κ2) is 11.6. The van der Waals surface area contributed by atoms with Gasteiger partial charge < -0.3 is 69.6 Å². The average molecular weight is 504 g/mol. The molecule has 3 fully saturated rings. The molecule has 3 aliphatic heterocycles. The monoisotopic (exact) mass is 504 g/mol. The van der Waals surface area contributed by atoms with E-state index in [0.29, 0.717) is 0 Å². The summed E-state index contributed by atoms with van der Waals surface area (Å²) in [6.07, 6.45) is -24.2. The topological polar surface area (TPSA) is 258 Å². The second-order valence-electron chi connectivity index (χ2n) is 8.40. The van der Waals surface area contributed by atoms with Crippen molar-refractivity contribution in [3.05, 3.63) is 0 Å². The van der Waals surface area contributed by atoms with Crippen molar-refractivity contribution in [2.45, 2.75) is 99.0 Å². The minimum absolute atomic E-state index is 0.777. The van der Waals surface area contributed by atoms with E-state index in [9.17, 15) is 51.2 Å². The zero-order valence-corrected chi connectivity index (χ0v) is 18.0. The van der Waals surface area contributed by atoms with Crippen LogP contribution in [0.5, 0.6) is 0 Å². The molecular weight excluding hydrogens is 472 g/mol. The van der Waals surface area contributed by atoms with Crippen LogP contribution in [0.1, 0.15) is 6.92 Å². The van der Waals surface area contributed by atoms with Crippen LogP contribution in [0, 0.1) is 0 Å². The maximum absolute atomic E-state index is 10.6. The fraction of sp³-hybridized carbons (Fsp3) is 1.00. The Morgan fingerprint density at radius 2 is 1.21 bits per heavy atom. The summed E-state index contributed by atoms with van der Waals surface area (Å²) in [6.45, 7) is -0.177. The van der Waals surface area contributed by atoms with Gasteiger partial charge in [-0.15, -0.1) is 0 Å². The van der Waals surface area contributed by atoms with E-state index in [4.69, 9.17) is 23.7 Å². The van der Waals surface area contributed by atoms with Gasteiger partial charge in [0, 0.05) is 0 Å². The zero-order valence-electron chi connectivity index (χ0n) is 18.0. The predicted molar refractivity (Wildman–Crippen MR) is 101 cm³/mol. The molecule has 15 atom stereocenters. The van der Waals surface area contributed by atoms with Crippen LogP contribution in [0.3, 0.4) is 0 Å². The maximum Gasteiger partial charge on any atom is 0.187 e. The van der Waals surface area contributed by atoms with Crippen molar-refractivity contribution in [2.75, 3.05) is 13.2 Å². The van der Waals surface area contributed by atoms with Gasteiger partial charge in [0.05, 0.1) is 19.3 Å². The van der Waals surface area contributed by atoms with Crippen LogP contribution in [-0.2, 0) is 28.6 Å². The van der Waals surface area contributed by atoms with Crippen LogP contribution in [0.15, 0.2) is 0 Å². The van der Waals surface area contributed by atoms with Gasteiger partial charge in [0.15, 0.2) is 25.0 Å². The Morgan fingerprint density at radius 3 is 1.79 bits per heavy atom. The molecule has 0 amide bonds. The fourth-order valence-electron chi connectivity index (χ4n) is 4.09. The smallest absolute Gasteiger partial charge is 0.187 e. The number of ether oxygens (including phenoxy) is 5. The summed E-state index contributed by atoms with van der Waals surface area (Å²) in [7, 11) is 0. The third kappa shape index (κ3) is 5.37. The molecule has 3 saturated heterocycles. The minimum atomic E-state index is -1.86. The van der Waals surface area contributed by atoms with Crippen molar-refractivity contribution in [1.29, 1.82) is 0 Å². The third-order valence-electron chi connectivity index (χ3n) is 6.15. The fourth-order valence-corrected chi connectivity index (χ4v) is 4.09. The normalized spacial score (nSPS) is 52.5. The second-order valence-corrected chi connectivity index (χ2v) is 8.40. The van der Waals surface area contributed by atoms with Gasteiger partial charge in [-0.2, -0.15) is 0 Å². The molecule has 3 heterocycles. The summed E-state index contributed by atoms with van der Waals surface area (Å²) in [5.41, 5.74) is 0. The van der Waals surface area contributed by atoms with Gasteiger partial charge in [-0.1, -0.05) is 0 Å². The minimum Gasteiger partial charge on any atom is -0.394 e. The standard InChI is InChI=1S/C18H32O16/c1-4-7(21)9(23)11(25)17(29-4)33-15-10(24)8(22)5(2-19)31-18(15)32-13-6(3-20)30-16(27)12(26)14(13)34-28/h4-28H,2-3H2,1H3/t4-,5+,6+,7+,8-,9+,10-,11-,12+,13+,14+,15+,16+,17-,18-/m0/s1. The first-order valence-corrected chi connectivity index (χ1v) is 10.6. The Kier molecular flexibility index (Phi) is 9.54. The summed E-state index contributed by atoms with van der Waals surface area (Å²) in [5.74, 6) is 0. The number of hydrogen-bond acceptors (Lipinski definition) is 16. The Balaban J connectivity index is 1.85. The summed E-state index contributed by atoms with van der Waals surface area (Å²) < 4.78 is 27.0. The number of hydrogen-bond donors (Lipinski definition) is 10. The van der Waals surface area contributed by atoms with Gasteiger partial charge in [0.2, 0.25) is 0 Å². The molecule has 16 heteroatoms. The summed E-state index contributed by atoms with van der Waals surface area (Å²) in [4.78, 5) is 4.19. The Hall–Kier alpha value is -0.640. The Morgan fingerprint density at radius 1 is 0.588 bits per heavy atom. The third-order valence-corrected chi connectivity index (χ3v) is 6.15. The molecule has 0 aromatic carbocycles. The predicted octanol–water partition coefficient (Wildman–Crippen LogP) is -6.05. The lowest BCUT2D eigenvalue weighted by Crippen LogP contribution is -2.66. The highest BCUT2D eigenvalue weighted by atomic mass is 17.1. The van der Waals surface area contributed by atoms with Crippen molar-refractivity contribution < 1.29 is 79.8 Å². The number of rotatable bonds is 7. The molecule has 34 heavy (non-hydrogen) atoms. The molecule has 0 aromatic rings. The maximum atomic E-state index is 10.6. The molecular formula is C18H32O16.